The molecule has 1 unspecified atom stereocenters. The van der Waals surface area contributed by atoms with Crippen LogP contribution in [0.15, 0.2) is 36.4 Å². The number of benzene rings is 2. The monoisotopic (exact) mass is 532 g/mol. The van der Waals surface area contributed by atoms with E-state index in [2.05, 4.69) is 53.2 Å². The van der Waals surface area contributed by atoms with Crippen molar-refractivity contribution in [3.63, 3.8) is 0 Å². The number of fused-ring (bicyclic) bond motifs is 9. The summed E-state index contributed by atoms with van der Waals surface area (Å²) >= 11 is 4.01. The van der Waals surface area contributed by atoms with E-state index in [4.69, 9.17) is 9.47 Å². The van der Waals surface area contributed by atoms with Crippen molar-refractivity contribution >= 4 is 42.8 Å². The van der Waals surface area contributed by atoms with Crippen LogP contribution in [0.1, 0.15) is 46.1 Å². The number of thiophene rings is 2. The van der Waals surface area contributed by atoms with E-state index in [1.807, 2.05) is 22.7 Å². The number of rotatable bonds is 5. The van der Waals surface area contributed by atoms with Crippen LogP contribution >= 0.6 is 22.7 Å². The lowest BCUT2D eigenvalue weighted by Crippen LogP contribution is -2.44. The standard InChI is InChI=1S/C31H36N2O2S2/c1-32-14-9-23-22-7-5-21(19-30(22)36-29(23)11-15-32)35-17-12-27-25-4-3-13-33(27)16-10-24-26-18-20(34-2)6-8-28(26)37-31(24)25/h5-8,18-19,25,27H,3-4,9-17H2,1-2H3/t25-,27?/m1/s1. The summed E-state index contributed by atoms with van der Waals surface area (Å²) in [5.74, 6) is 2.62. The van der Waals surface area contributed by atoms with Crippen LogP contribution in [-0.2, 0) is 19.3 Å². The normalized spacial score (nSPS) is 23.9. The van der Waals surface area contributed by atoms with Crippen molar-refractivity contribution in [2.24, 2.45) is 0 Å². The summed E-state index contributed by atoms with van der Waals surface area (Å²) in [6, 6.07) is 14.0. The number of hydrogen-bond acceptors (Lipinski definition) is 6. The molecule has 2 aromatic heterocycles. The molecule has 7 rings (SSSR count). The van der Waals surface area contributed by atoms with Crippen molar-refractivity contribution in [2.45, 2.75) is 50.5 Å². The largest absolute Gasteiger partial charge is 0.497 e. The minimum atomic E-state index is 0.573. The highest BCUT2D eigenvalue weighted by atomic mass is 32.1. The molecule has 5 heterocycles. The van der Waals surface area contributed by atoms with Crippen LogP contribution in [0.3, 0.4) is 0 Å². The fourth-order valence-corrected chi connectivity index (χ4v) is 9.63. The summed E-state index contributed by atoms with van der Waals surface area (Å²) in [5.41, 5.74) is 3.15. The molecule has 1 fully saturated rings. The first-order chi connectivity index (χ1) is 18.2. The number of ether oxygens (including phenoxy) is 2. The van der Waals surface area contributed by atoms with Crippen LogP contribution < -0.4 is 9.47 Å². The van der Waals surface area contributed by atoms with Crippen molar-refractivity contribution in [1.29, 1.82) is 0 Å². The predicted octanol–water partition coefficient (Wildman–Crippen LogP) is 6.73. The maximum absolute atomic E-state index is 6.43. The lowest BCUT2D eigenvalue weighted by molar-refractivity contribution is 0.112. The van der Waals surface area contributed by atoms with Gasteiger partial charge in [0.2, 0.25) is 0 Å². The quantitative estimate of drug-likeness (QED) is 0.285. The Bertz CT molecular complexity index is 1440. The molecule has 0 aliphatic carbocycles. The molecule has 6 heteroatoms. The molecule has 0 spiro atoms. The van der Waals surface area contributed by atoms with Gasteiger partial charge in [-0.15, -0.1) is 22.7 Å². The van der Waals surface area contributed by atoms with E-state index in [1.165, 1.54) is 46.0 Å². The van der Waals surface area contributed by atoms with E-state index in [-0.39, 0.29) is 0 Å². The summed E-state index contributed by atoms with van der Waals surface area (Å²) in [4.78, 5) is 8.41. The number of nitrogens with zero attached hydrogens (tertiary/aromatic N) is 2. The Hall–Kier alpha value is -2.12. The summed E-state index contributed by atoms with van der Waals surface area (Å²) in [6.07, 6.45) is 7.16. The Balaban J connectivity index is 1.09. The number of hydrogen-bond donors (Lipinski definition) is 0. The van der Waals surface area contributed by atoms with Crippen LogP contribution in [-0.4, -0.2) is 62.8 Å². The van der Waals surface area contributed by atoms with Gasteiger partial charge in [-0.1, -0.05) is 0 Å². The minimum Gasteiger partial charge on any atom is -0.497 e. The fourth-order valence-electron chi connectivity index (χ4n) is 6.93. The number of methoxy groups -OCH3 is 1. The van der Waals surface area contributed by atoms with Gasteiger partial charge in [0.25, 0.3) is 0 Å². The van der Waals surface area contributed by atoms with E-state index in [1.54, 1.807) is 28.0 Å². The van der Waals surface area contributed by atoms with Gasteiger partial charge in [0, 0.05) is 50.7 Å². The molecule has 2 aromatic carbocycles. The van der Waals surface area contributed by atoms with Crippen molar-refractivity contribution in [3.8, 4) is 11.5 Å². The van der Waals surface area contributed by atoms with Crippen molar-refractivity contribution in [2.75, 3.05) is 46.9 Å². The fraction of sp³-hybridized carbons (Fsp3) is 0.484. The molecule has 37 heavy (non-hydrogen) atoms. The highest BCUT2D eigenvalue weighted by molar-refractivity contribution is 7.19. The molecule has 0 N–H and O–H groups in total. The van der Waals surface area contributed by atoms with Gasteiger partial charge >= 0.3 is 0 Å². The number of piperidine rings is 1. The maximum Gasteiger partial charge on any atom is 0.120 e. The molecule has 4 aromatic rings. The first kappa shape index (κ1) is 24.0. The number of likely N-dealkylation sites (N-methyl/N-ethyl adjacent to an activating group) is 1. The first-order valence-corrected chi connectivity index (χ1v) is 15.5. The molecule has 194 valence electrons. The third kappa shape index (κ3) is 4.36. The maximum atomic E-state index is 6.43. The van der Waals surface area contributed by atoms with Gasteiger partial charge in [0.15, 0.2) is 0 Å². The Labute approximate surface area is 227 Å². The molecular weight excluding hydrogens is 496 g/mol. The van der Waals surface area contributed by atoms with Crippen molar-refractivity contribution < 1.29 is 9.47 Å². The molecular formula is C31H36N2O2S2. The summed E-state index contributed by atoms with van der Waals surface area (Å²) in [6.45, 7) is 5.48. The zero-order valence-corrected chi connectivity index (χ0v) is 23.6. The van der Waals surface area contributed by atoms with E-state index >= 15 is 0 Å². The Morgan fingerprint density at radius 1 is 0.865 bits per heavy atom. The van der Waals surface area contributed by atoms with Gasteiger partial charge in [-0.3, -0.25) is 4.90 Å². The molecule has 0 radical (unpaired) electrons. The second-order valence-corrected chi connectivity index (χ2v) is 13.2. The zero-order chi connectivity index (χ0) is 24.9. The second-order valence-electron chi connectivity index (χ2n) is 11.0. The molecule has 4 nitrogen and oxygen atoms in total. The Morgan fingerprint density at radius 2 is 1.73 bits per heavy atom. The van der Waals surface area contributed by atoms with Crippen molar-refractivity contribution in [3.05, 3.63) is 57.3 Å². The van der Waals surface area contributed by atoms with Crippen LogP contribution in [0.5, 0.6) is 11.5 Å². The predicted molar refractivity (Wildman–Crippen MR) is 156 cm³/mol. The molecule has 3 aliphatic heterocycles. The third-order valence-corrected chi connectivity index (χ3v) is 11.5. The topological polar surface area (TPSA) is 24.9 Å². The molecule has 3 atom stereocenters. The summed E-state index contributed by atoms with van der Waals surface area (Å²) in [7, 11) is 4.01. The third-order valence-electron chi connectivity index (χ3n) is 8.90. The van der Waals surface area contributed by atoms with Gasteiger partial charge in [-0.25, -0.2) is 0 Å². The minimum absolute atomic E-state index is 0.573. The highest BCUT2D eigenvalue weighted by Crippen LogP contribution is 2.46. The highest BCUT2D eigenvalue weighted by Gasteiger charge is 2.37. The SMILES string of the molecule is COc1ccc2sc3c(c2c1)CC[N@@]1CCC[C@@H]3C1CCOc1ccc2c3c(sc2c1)CCN(C)CC3. The van der Waals surface area contributed by atoms with E-state index < -0.39 is 0 Å². The molecule has 3 aliphatic rings. The molecule has 2 bridgehead atoms. The van der Waals surface area contributed by atoms with E-state index in [0.717, 1.165) is 57.0 Å². The van der Waals surface area contributed by atoms with Crippen molar-refractivity contribution in [1.82, 2.24) is 9.80 Å². The lowest BCUT2D eigenvalue weighted by atomic mass is 9.86. The van der Waals surface area contributed by atoms with Gasteiger partial charge in [0.1, 0.15) is 11.5 Å². The smallest absolute Gasteiger partial charge is 0.120 e. The second kappa shape index (κ2) is 9.88. The van der Waals surface area contributed by atoms with Crippen LogP contribution in [0, 0.1) is 0 Å². The Kier molecular flexibility index (Phi) is 6.40. The van der Waals surface area contributed by atoms with Crippen LogP contribution in [0.25, 0.3) is 20.2 Å². The molecule has 0 saturated carbocycles. The molecule has 1 saturated heterocycles. The lowest BCUT2D eigenvalue weighted by Gasteiger charge is -2.39. The van der Waals surface area contributed by atoms with E-state index in [0.29, 0.717) is 12.0 Å². The molecule has 0 amide bonds. The summed E-state index contributed by atoms with van der Waals surface area (Å²) < 4.78 is 14.8. The van der Waals surface area contributed by atoms with E-state index in [9.17, 15) is 0 Å². The van der Waals surface area contributed by atoms with Gasteiger partial charge < -0.3 is 14.4 Å². The average molecular weight is 533 g/mol. The summed E-state index contributed by atoms with van der Waals surface area (Å²) in [5, 5.41) is 2.86. The Morgan fingerprint density at radius 3 is 2.65 bits per heavy atom. The average Bonchev–Trinajstić information content (AvgIpc) is 3.37. The van der Waals surface area contributed by atoms with Gasteiger partial charge in [-0.05, 0) is 110 Å². The van der Waals surface area contributed by atoms with Crippen LogP contribution in [0.4, 0.5) is 0 Å². The van der Waals surface area contributed by atoms with Gasteiger partial charge in [0.05, 0.1) is 13.7 Å². The van der Waals surface area contributed by atoms with Crippen LogP contribution in [0.2, 0.25) is 0 Å². The zero-order valence-electron chi connectivity index (χ0n) is 21.9. The first-order valence-electron chi connectivity index (χ1n) is 13.9. The van der Waals surface area contributed by atoms with Gasteiger partial charge in [-0.2, -0.15) is 0 Å².